The molecule has 4 atom stereocenters. The second-order valence-electron chi connectivity index (χ2n) is 5.22. The van der Waals surface area contributed by atoms with E-state index in [9.17, 15) is 29.2 Å². The van der Waals surface area contributed by atoms with Gasteiger partial charge in [-0.2, -0.15) is 0 Å². The quantitative estimate of drug-likeness (QED) is 0.271. The van der Waals surface area contributed by atoms with Crippen LogP contribution in [0.3, 0.4) is 0 Å². The van der Waals surface area contributed by atoms with Crippen LogP contribution in [0.25, 0.3) is 0 Å². The molecular formula is C11H15N2O11P. The molecule has 1 saturated heterocycles. The lowest BCUT2D eigenvalue weighted by molar-refractivity contribution is -0.136. The largest absolute Gasteiger partial charge is 0.481 e. The molecule has 0 bridgehead atoms. The van der Waals surface area contributed by atoms with Crippen LogP contribution in [-0.2, 0) is 25.0 Å². The maximum absolute atomic E-state index is 11.9. The number of H-pyrrole nitrogens is 1. The number of aliphatic hydroxyl groups excluding tert-OH is 2. The van der Waals surface area contributed by atoms with Crippen molar-refractivity contribution in [3.8, 4) is 0 Å². The Bertz CT molecular complexity index is 811. The number of hydrogen-bond acceptors (Lipinski definition) is 8. The van der Waals surface area contributed by atoms with Crippen molar-refractivity contribution in [3.63, 3.8) is 0 Å². The van der Waals surface area contributed by atoms with E-state index in [1.807, 2.05) is 4.98 Å². The van der Waals surface area contributed by atoms with Crippen molar-refractivity contribution in [2.24, 2.45) is 0 Å². The van der Waals surface area contributed by atoms with Crippen molar-refractivity contribution in [2.75, 3.05) is 6.61 Å². The number of phosphoric ester groups is 1. The van der Waals surface area contributed by atoms with Crippen LogP contribution in [0.5, 0.6) is 0 Å². The van der Waals surface area contributed by atoms with Gasteiger partial charge in [0.05, 0.1) is 13.0 Å². The van der Waals surface area contributed by atoms with Gasteiger partial charge in [-0.05, 0) is 0 Å². The molecule has 1 aromatic rings. The number of nitrogens with zero attached hydrogens (tertiary/aromatic N) is 1. The first kappa shape index (κ1) is 19.5. The topological polar surface area (TPSA) is 209 Å². The maximum atomic E-state index is 11.9. The molecule has 2 rings (SSSR count). The Morgan fingerprint density at radius 3 is 2.52 bits per heavy atom. The Morgan fingerprint density at radius 1 is 1.32 bits per heavy atom. The molecule has 14 heteroatoms. The number of carbonyl (C=O) groups is 1. The second kappa shape index (κ2) is 7.17. The third kappa shape index (κ3) is 4.61. The van der Waals surface area contributed by atoms with Crippen LogP contribution in [0.1, 0.15) is 11.8 Å². The van der Waals surface area contributed by atoms with Crippen molar-refractivity contribution in [3.05, 3.63) is 32.6 Å². The highest BCUT2D eigenvalue weighted by atomic mass is 31.2. The van der Waals surface area contributed by atoms with Gasteiger partial charge in [-0.15, -0.1) is 0 Å². The number of ether oxygens (including phenoxy) is 1. The van der Waals surface area contributed by atoms with E-state index in [-0.39, 0.29) is 5.56 Å². The maximum Gasteiger partial charge on any atom is 0.469 e. The van der Waals surface area contributed by atoms with Crippen LogP contribution in [-0.4, -0.2) is 65.5 Å². The zero-order chi connectivity index (χ0) is 18.9. The van der Waals surface area contributed by atoms with E-state index < -0.39 is 62.6 Å². The van der Waals surface area contributed by atoms with Crippen LogP contribution in [0.2, 0.25) is 0 Å². The number of nitrogens with one attached hydrogen (secondary N) is 1. The van der Waals surface area contributed by atoms with Gasteiger partial charge in [-0.1, -0.05) is 0 Å². The smallest absolute Gasteiger partial charge is 0.469 e. The molecule has 0 amide bonds. The van der Waals surface area contributed by atoms with Gasteiger partial charge in [0, 0.05) is 11.8 Å². The first-order valence-electron chi connectivity index (χ1n) is 6.77. The fourth-order valence-electron chi connectivity index (χ4n) is 2.27. The Morgan fingerprint density at radius 2 is 1.96 bits per heavy atom. The minimum Gasteiger partial charge on any atom is -0.481 e. The van der Waals surface area contributed by atoms with Gasteiger partial charge in [0.2, 0.25) is 0 Å². The van der Waals surface area contributed by atoms with E-state index in [2.05, 4.69) is 4.52 Å². The fourth-order valence-corrected chi connectivity index (χ4v) is 2.61. The highest BCUT2D eigenvalue weighted by molar-refractivity contribution is 7.46. The number of carboxylic acids is 1. The molecule has 2 heterocycles. The molecule has 0 aromatic carbocycles. The Kier molecular flexibility index (Phi) is 5.58. The van der Waals surface area contributed by atoms with Crippen molar-refractivity contribution in [2.45, 2.75) is 31.0 Å². The van der Waals surface area contributed by atoms with Gasteiger partial charge in [0.15, 0.2) is 6.23 Å². The van der Waals surface area contributed by atoms with Crippen LogP contribution in [0.15, 0.2) is 15.8 Å². The van der Waals surface area contributed by atoms with E-state index >= 15 is 0 Å². The lowest BCUT2D eigenvalue weighted by atomic mass is 10.1. The number of aromatic amines is 1. The van der Waals surface area contributed by atoms with Crippen molar-refractivity contribution in [1.82, 2.24) is 9.55 Å². The van der Waals surface area contributed by atoms with Gasteiger partial charge in [0.25, 0.3) is 5.56 Å². The SMILES string of the molecule is O=C(O)Cc1cn([C@@H]2O[C@H](COP(=O)(O)O)[C@@H](O)[C@H]2O)c(=O)[nH]c1=O. The summed E-state index contributed by atoms with van der Waals surface area (Å²) in [5.74, 6) is -1.34. The third-order valence-corrected chi connectivity index (χ3v) is 3.89. The first-order valence-corrected chi connectivity index (χ1v) is 8.30. The number of carboxylic acid groups (broad SMARTS) is 1. The van der Waals surface area contributed by atoms with E-state index in [4.69, 9.17) is 19.6 Å². The predicted octanol–water partition coefficient (Wildman–Crippen LogP) is -3.11. The van der Waals surface area contributed by atoms with Gasteiger partial charge >= 0.3 is 19.5 Å². The molecule has 1 aliphatic rings. The molecule has 0 saturated carbocycles. The van der Waals surface area contributed by atoms with Gasteiger partial charge in [0.1, 0.15) is 18.3 Å². The summed E-state index contributed by atoms with van der Waals surface area (Å²) in [6.45, 7) is -0.779. The molecule has 1 aliphatic heterocycles. The molecule has 6 N–H and O–H groups in total. The summed E-state index contributed by atoms with van der Waals surface area (Å²) in [5.41, 5.74) is -2.27. The van der Waals surface area contributed by atoms with E-state index in [1.54, 1.807) is 0 Å². The lowest BCUT2D eigenvalue weighted by Crippen LogP contribution is -2.39. The molecule has 0 radical (unpaired) electrons. The van der Waals surface area contributed by atoms with Crippen molar-refractivity contribution >= 4 is 13.8 Å². The third-order valence-electron chi connectivity index (χ3n) is 3.40. The molecular weight excluding hydrogens is 367 g/mol. The standard InChI is InChI=1S/C11H15N2O11P/c14-6(15)1-4-2-13(11(19)12-9(4)18)10-8(17)7(16)5(24-10)3-23-25(20,21)22/h2,5,7-8,10,16-17H,1,3H2,(H,14,15)(H,12,18,19)(H2,20,21,22)/t5-,7-,8-,10-/m1/s1. The first-order chi connectivity index (χ1) is 11.5. The molecule has 25 heavy (non-hydrogen) atoms. The highest BCUT2D eigenvalue weighted by Gasteiger charge is 2.45. The summed E-state index contributed by atoms with van der Waals surface area (Å²) in [6, 6.07) is 0. The molecule has 0 aliphatic carbocycles. The number of hydrogen-bond donors (Lipinski definition) is 6. The van der Waals surface area contributed by atoms with Gasteiger partial charge in [-0.3, -0.25) is 23.7 Å². The summed E-state index contributed by atoms with van der Waals surface area (Å²) in [4.78, 5) is 53.3. The summed E-state index contributed by atoms with van der Waals surface area (Å²) in [5, 5.41) is 28.6. The number of phosphoric acid groups is 1. The highest BCUT2D eigenvalue weighted by Crippen LogP contribution is 2.38. The predicted molar refractivity (Wildman–Crippen MR) is 76.6 cm³/mol. The molecule has 0 unspecified atom stereocenters. The van der Waals surface area contributed by atoms with Crippen LogP contribution in [0, 0.1) is 0 Å². The summed E-state index contributed by atoms with van der Waals surface area (Å²) >= 11 is 0. The zero-order valence-electron chi connectivity index (χ0n) is 12.4. The zero-order valence-corrected chi connectivity index (χ0v) is 13.3. The molecule has 1 aromatic heterocycles. The van der Waals surface area contributed by atoms with Crippen LogP contribution < -0.4 is 11.2 Å². The number of rotatable bonds is 6. The van der Waals surface area contributed by atoms with Gasteiger partial charge < -0.3 is 29.8 Å². The molecule has 13 nitrogen and oxygen atoms in total. The summed E-state index contributed by atoms with van der Waals surface area (Å²) in [7, 11) is -4.85. The summed E-state index contributed by atoms with van der Waals surface area (Å²) in [6.07, 6.45) is -6.11. The fraction of sp³-hybridized carbons (Fsp3) is 0.545. The molecule has 0 spiro atoms. The van der Waals surface area contributed by atoms with Crippen LogP contribution in [0.4, 0.5) is 0 Å². The molecule has 140 valence electrons. The Hall–Kier alpha value is -1.86. The van der Waals surface area contributed by atoms with Crippen LogP contribution >= 0.6 is 7.82 Å². The average molecular weight is 382 g/mol. The van der Waals surface area contributed by atoms with E-state index in [1.165, 1.54) is 0 Å². The lowest BCUT2D eigenvalue weighted by Gasteiger charge is -2.17. The number of aliphatic hydroxyl groups is 2. The Labute approximate surface area is 138 Å². The molecule has 1 fully saturated rings. The Balaban J connectivity index is 2.29. The number of aliphatic carboxylic acids is 1. The second-order valence-corrected chi connectivity index (χ2v) is 6.46. The summed E-state index contributed by atoms with van der Waals surface area (Å²) < 4.78 is 20.7. The van der Waals surface area contributed by atoms with E-state index in [0.717, 1.165) is 6.20 Å². The van der Waals surface area contributed by atoms with Crippen molar-refractivity contribution in [1.29, 1.82) is 0 Å². The number of aromatic nitrogens is 2. The van der Waals surface area contributed by atoms with Gasteiger partial charge in [-0.25, -0.2) is 9.36 Å². The monoisotopic (exact) mass is 382 g/mol. The van der Waals surface area contributed by atoms with Crippen molar-refractivity contribution < 1.29 is 43.7 Å². The minimum atomic E-state index is -4.85. The van der Waals surface area contributed by atoms with E-state index in [0.29, 0.717) is 4.57 Å². The minimum absolute atomic E-state index is 0.299. The average Bonchev–Trinajstić information content (AvgIpc) is 2.75. The normalized spacial score (nSPS) is 26.7.